The lowest BCUT2D eigenvalue weighted by atomic mass is 10.2. The molecule has 0 saturated carbocycles. The highest BCUT2D eigenvalue weighted by atomic mass is 32.1. The molecule has 1 aliphatic rings. The van der Waals surface area contributed by atoms with Crippen LogP contribution in [0.1, 0.15) is 15.4 Å². The van der Waals surface area contributed by atoms with Crippen molar-refractivity contribution in [2.45, 2.75) is 6.54 Å². The molecule has 1 amide bonds. The number of aromatic nitrogens is 2. The second-order valence-electron chi connectivity index (χ2n) is 5.69. The Kier molecular flexibility index (Phi) is 4.17. The molecule has 0 aliphatic carbocycles. The standard InChI is InChI=1S/C16H16N4O2S2/c21-14-10-12(17-16-20(14)7-9-24-16)11-18-3-5-19(6-4-18)15(22)13-2-1-8-23-13/h1-2,7-10H,3-6,11H2. The molecule has 0 spiro atoms. The Labute approximate surface area is 146 Å². The summed E-state index contributed by atoms with van der Waals surface area (Å²) in [5, 5.41) is 3.79. The van der Waals surface area contributed by atoms with Gasteiger partial charge in [-0.05, 0) is 11.4 Å². The third-order valence-corrected chi connectivity index (χ3v) is 5.75. The summed E-state index contributed by atoms with van der Waals surface area (Å²) in [5.41, 5.74) is 0.753. The molecule has 4 rings (SSSR count). The van der Waals surface area contributed by atoms with Gasteiger partial charge in [0.1, 0.15) is 0 Å². The van der Waals surface area contributed by atoms with E-state index in [0.717, 1.165) is 28.6 Å². The van der Waals surface area contributed by atoms with Crippen molar-refractivity contribution >= 4 is 33.5 Å². The molecule has 3 aromatic rings. The van der Waals surface area contributed by atoms with Crippen LogP contribution in [0.5, 0.6) is 0 Å². The van der Waals surface area contributed by atoms with Crippen molar-refractivity contribution in [3.05, 3.63) is 56.1 Å². The summed E-state index contributed by atoms with van der Waals surface area (Å²) in [6.45, 7) is 3.64. The van der Waals surface area contributed by atoms with Crippen LogP contribution in [0.15, 0.2) is 40.0 Å². The van der Waals surface area contributed by atoms with E-state index in [9.17, 15) is 9.59 Å². The van der Waals surface area contributed by atoms with Gasteiger partial charge in [-0.1, -0.05) is 6.07 Å². The van der Waals surface area contributed by atoms with Crippen LogP contribution in [-0.2, 0) is 6.54 Å². The molecule has 24 heavy (non-hydrogen) atoms. The maximum atomic E-state index is 12.4. The Morgan fingerprint density at radius 1 is 1.17 bits per heavy atom. The molecule has 3 aromatic heterocycles. The van der Waals surface area contributed by atoms with Gasteiger partial charge in [0, 0.05) is 50.4 Å². The molecule has 0 radical (unpaired) electrons. The summed E-state index contributed by atoms with van der Waals surface area (Å²) in [4.78, 5) is 34.6. The van der Waals surface area contributed by atoms with E-state index in [1.165, 1.54) is 22.7 Å². The van der Waals surface area contributed by atoms with Gasteiger partial charge in [0.15, 0.2) is 4.96 Å². The van der Waals surface area contributed by atoms with Crippen LogP contribution in [0.25, 0.3) is 4.96 Å². The first-order chi connectivity index (χ1) is 11.7. The minimum Gasteiger partial charge on any atom is -0.335 e. The lowest BCUT2D eigenvalue weighted by molar-refractivity contribution is 0.0632. The van der Waals surface area contributed by atoms with Crippen LogP contribution in [0.3, 0.4) is 0 Å². The molecule has 0 unspecified atom stereocenters. The maximum Gasteiger partial charge on any atom is 0.264 e. The number of hydrogen-bond acceptors (Lipinski definition) is 6. The number of nitrogens with zero attached hydrogens (tertiary/aromatic N) is 4. The predicted molar refractivity (Wildman–Crippen MR) is 94.8 cm³/mol. The van der Waals surface area contributed by atoms with E-state index < -0.39 is 0 Å². The van der Waals surface area contributed by atoms with Crippen molar-refractivity contribution in [2.24, 2.45) is 0 Å². The summed E-state index contributed by atoms with van der Waals surface area (Å²) >= 11 is 2.94. The summed E-state index contributed by atoms with van der Waals surface area (Å²) in [6.07, 6.45) is 1.74. The summed E-state index contributed by atoms with van der Waals surface area (Å²) < 4.78 is 1.56. The Morgan fingerprint density at radius 2 is 2.00 bits per heavy atom. The smallest absolute Gasteiger partial charge is 0.264 e. The number of thiophene rings is 1. The normalized spacial score (nSPS) is 15.9. The van der Waals surface area contributed by atoms with Gasteiger partial charge in [-0.3, -0.25) is 18.9 Å². The highest BCUT2D eigenvalue weighted by Gasteiger charge is 2.23. The average Bonchev–Trinajstić information content (AvgIpc) is 3.26. The quantitative estimate of drug-likeness (QED) is 0.714. The number of rotatable bonds is 3. The minimum absolute atomic E-state index is 0.0391. The molecule has 1 saturated heterocycles. The first kappa shape index (κ1) is 15.5. The summed E-state index contributed by atoms with van der Waals surface area (Å²) in [7, 11) is 0. The van der Waals surface area contributed by atoms with Gasteiger partial charge in [-0.15, -0.1) is 22.7 Å². The monoisotopic (exact) mass is 360 g/mol. The van der Waals surface area contributed by atoms with Crippen molar-refractivity contribution in [3.8, 4) is 0 Å². The fourth-order valence-electron chi connectivity index (χ4n) is 2.86. The zero-order chi connectivity index (χ0) is 16.5. The number of amides is 1. The van der Waals surface area contributed by atoms with Crippen LogP contribution in [0, 0.1) is 0 Å². The molecule has 0 N–H and O–H groups in total. The first-order valence-corrected chi connectivity index (χ1v) is 9.47. The van der Waals surface area contributed by atoms with E-state index in [4.69, 9.17) is 0 Å². The second-order valence-corrected chi connectivity index (χ2v) is 7.51. The number of carbonyl (C=O) groups is 1. The van der Waals surface area contributed by atoms with E-state index in [2.05, 4.69) is 9.88 Å². The van der Waals surface area contributed by atoms with Crippen LogP contribution in [-0.4, -0.2) is 51.3 Å². The SMILES string of the molecule is O=C(c1cccs1)N1CCN(Cc2cc(=O)n3ccsc3n2)CC1. The van der Waals surface area contributed by atoms with Gasteiger partial charge in [0.05, 0.1) is 10.6 Å². The lowest BCUT2D eigenvalue weighted by Gasteiger charge is -2.34. The van der Waals surface area contributed by atoms with Crippen molar-refractivity contribution in [1.29, 1.82) is 0 Å². The van der Waals surface area contributed by atoms with Crippen LogP contribution in [0.2, 0.25) is 0 Å². The van der Waals surface area contributed by atoms with Crippen molar-refractivity contribution in [1.82, 2.24) is 19.2 Å². The molecule has 6 nitrogen and oxygen atoms in total. The van der Waals surface area contributed by atoms with Gasteiger partial charge in [0.2, 0.25) is 0 Å². The maximum absolute atomic E-state index is 12.4. The Morgan fingerprint density at radius 3 is 2.75 bits per heavy atom. The topological polar surface area (TPSA) is 57.9 Å². The molecule has 1 fully saturated rings. The summed E-state index contributed by atoms with van der Waals surface area (Å²) in [5.74, 6) is 0.112. The Hall–Kier alpha value is -2.03. The Bertz CT molecular complexity index is 908. The molecule has 0 bridgehead atoms. The van der Waals surface area contributed by atoms with E-state index in [-0.39, 0.29) is 11.5 Å². The van der Waals surface area contributed by atoms with Crippen LogP contribution in [0.4, 0.5) is 0 Å². The van der Waals surface area contributed by atoms with E-state index in [0.29, 0.717) is 19.6 Å². The molecule has 4 heterocycles. The van der Waals surface area contributed by atoms with Crippen molar-refractivity contribution in [2.75, 3.05) is 26.2 Å². The first-order valence-electron chi connectivity index (χ1n) is 7.71. The minimum atomic E-state index is -0.0391. The highest BCUT2D eigenvalue weighted by molar-refractivity contribution is 7.15. The molecule has 124 valence electrons. The molecule has 0 aromatic carbocycles. The van der Waals surface area contributed by atoms with Crippen molar-refractivity contribution in [3.63, 3.8) is 0 Å². The number of carbonyl (C=O) groups excluding carboxylic acids is 1. The van der Waals surface area contributed by atoms with Gasteiger partial charge >= 0.3 is 0 Å². The zero-order valence-electron chi connectivity index (χ0n) is 12.9. The van der Waals surface area contributed by atoms with Gasteiger partial charge in [-0.25, -0.2) is 4.98 Å². The molecular formula is C16H16N4O2S2. The number of thiazole rings is 1. The third-order valence-electron chi connectivity index (χ3n) is 4.13. The van der Waals surface area contributed by atoms with Gasteiger partial charge in [0.25, 0.3) is 11.5 Å². The fraction of sp³-hybridized carbons (Fsp3) is 0.312. The molecule has 1 aliphatic heterocycles. The van der Waals surface area contributed by atoms with Gasteiger partial charge in [-0.2, -0.15) is 0 Å². The average molecular weight is 360 g/mol. The molecular weight excluding hydrogens is 344 g/mol. The number of hydrogen-bond donors (Lipinski definition) is 0. The van der Waals surface area contributed by atoms with Crippen LogP contribution >= 0.6 is 22.7 Å². The van der Waals surface area contributed by atoms with Gasteiger partial charge < -0.3 is 4.90 Å². The number of piperazine rings is 1. The number of fused-ring (bicyclic) bond motifs is 1. The fourth-order valence-corrected chi connectivity index (χ4v) is 4.29. The molecule has 0 atom stereocenters. The largest absolute Gasteiger partial charge is 0.335 e. The highest BCUT2D eigenvalue weighted by Crippen LogP contribution is 2.15. The Balaban J connectivity index is 1.40. The second kappa shape index (κ2) is 6.46. The molecule has 8 heteroatoms. The van der Waals surface area contributed by atoms with Crippen LogP contribution < -0.4 is 5.56 Å². The van der Waals surface area contributed by atoms with Crippen molar-refractivity contribution < 1.29 is 4.79 Å². The summed E-state index contributed by atoms with van der Waals surface area (Å²) in [6, 6.07) is 5.37. The van der Waals surface area contributed by atoms with E-state index >= 15 is 0 Å². The zero-order valence-corrected chi connectivity index (χ0v) is 14.6. The predicted octanol–water partition coefficient (Wildman–Crippen LogP) is 1.78. The van der Waals surface area contributed by atoms with E-state index in [1.54, 1.807) is 16.7 Å². The lowest BCUT2D eigenvalue weighted by Crippen LogP contribution is -2.48. The third kappa shape index (κ3) is 3.00. The van der Waals surface area contributed by atoms with E-state index in [1.807, 2.05) is 27.8 Å².